The number of hydrogen-bond donors (Lipinski definition) is 1. The Hall–Kier alpha value is -0.470. The maximum Gasteiger partial charge on any atom is 0.0914 e. The minimum absolute atomic E-state index is 0.293. The van der Waals surface area contributed by atoms with Gasteiger partial charge in [-0.05, 0) is 24.0 Å². The predicted molar refractivity (Wildman–Crippen MR) is 66.1 cm³/mol. The predicted octanol–water partition coefficient (Wildman–Crippen LogP) is 3.30. The van der Waals surface area contributed by atoms with Crippen molar-refractivity contribution >= 4 is 11.8 Å². The Bertz CT molecular complexity index is 360. The summed E-state index contributed by atoms with van der Waals surface area (Å²) in [7, 11) is 0. The molecule has 1 nitrogen and oxygen atoms in total. The minimum atomic E-state index is -0.293. The molecule has 0 bridgehead atoms. The number of thioether (sulfide) groups is 1. The number of hydrogen-bond acceptors (Lipinski definition) is 2. The minimum Gasteiger partial charge on any atom is -0.387 e. The summed E-state index contributed by atoms with van der Waals surface area (Å²) in [5.41, 5.74) is 3.68. The molecular weight excluding hydrogens is 204 g/mol. The van der Waals surface area contributed by atoms with E-state index in [0.29, 0.717) is 11.2 Å². The number of aliphatic hydroxyl groups excluding tert-OH is 1. The Morgan fingerprint density at radius 2 is 2.13 bits per heavy atom. The van der Waals surface area contributed by atoms with Crippen molar-refractivity contribution in [3.05, 3.63) is 34.9 Å². The molecule has 0 aromatic heterocycles. The number of benzene rings is 1. The molecule has 2 unspecified atom stereocenters. The first-order chi connectivity index (χ1) is 7.09. The van der Waals surface area contributed by atoms with Gasteiger partial charge in [-0.25, -0.2) is 0 Å². The van der Waals surface area contributed by atoms with Gasteiger partial charge in [-0.2, -0.15) is 11.8 Å². The van der Waals surface area contributed by atoms with Crippen molar-refractivity contribution in [2.24, 2.45) is 5.92 Å². The second-order valence-electron chi connectivity index (χ2n) is 4.67. The molecule has 0 spiro atoms. The standard InChI is InChI=1S/C13H18OS/c1-8(2)13-12(14)11-6-9(3)4-5-10(11)7-15-13/h4-6,8,12-14H,7H2,1-3H3. The zero-order valence-corrected chi connectivity index (χ0v) is 10.3. The summed E-state index contributed by atoms with van der Waals surface area (Å²) in [6, 6.07) is 6.41. The van der Waals surface area contributed by atoms with Crippen LogP contribution in [0, 0.1) is 12.8 Å². The molecule has 1 aliphatic rings. The molecule has 0 radical (unpaired) electrons. The molecule has 0 amide bonds. The first kappa shape index (κ1) is 11.0. The highest BCUT2D eigenvalue weighted by atomic mass is 32.2. The van der Waals surface area contributed by atoms with Crippen LogP contribution in [0.2, 0.25) is 0 Å². The lowest BCUT2D eigenvalue weighted by Gasteiger charge is -2.32. The van der Waals surface area contributed by atoms with E-state index in [1.54, 1.807) is 0 Å². The fourth-order valence-corrected chi connectivity index (χ4v) is 3.48. The van der Waals surface area contributed by atoms with E-state index in [1.165, 1.54) is 11.1 Å². The monoisotopic (exact) mass is 222 g/mol. The molecule has 82 valence electrons. The number of rotatable bonds is 1. The van der Waals surface area contributed by atoms with Crippen LogP contribution in [0.15, 0.2) is 18.2 Å². The average Bonchev–Trinajstić information content (AvgIpc) is 2.19. The fraction of sp³-hybridized carbons (Fsp3) is 0.538. The zero-order valence-electron chi connectivity index (χ0n) is 9.53. The van der Waals surface area contributed by atoms with Gasteiger partial charge in [-0.1, -0.05) is 37.6 Å². The van der Waals surface area contributed by atoms with Gasteiger partial charge >= 0.3 is 0 Å². The summed E-state index contributed by atoms with van der Waals surface area (Å²) in [6.07, 6.45) is -0.293. The van der Waals surface area contributed by atoms with Gasteiger partial charge in [0.25, 0.3) is 0 Å². The van der Waals surface area contributed by atoms with Gasteiger partial charge in [-0.15, -0.1) is 0 Å². The quantitative estimate of drug-likeness (QED) is 0.786. The first-order valence-electron chi connectivity index (χ1n) is 5.48. The van der Waals surface area contributed by atoms with E-state index < -0.39 is 0 Å². The fourth-order valence-electron chi connectivity index (χ4n) is 2.13. The van der Waals surface area contributed by atoms with Gasteiger partial charge in [-0.3, -0.25) is 0 Å². The molecule has 1 aliphatic heterocycles. The van der Waals surface area contributed by atoms with Crippen molar-refractivity contribution in [3.63, 3.8) is 0 Å². The van der Waals surface area contributed by atoms with Crippen LogP contribution in [0.3, 0.4) is 0 Å². The molecule has 1 aromatic rings. The van der Waals surface area contributed by atoms with Crippen LogP contribution in [0.25, 0.3) is 0 Å². The summed E-state index contributed by atoms with van der Waals surface area (Å²) < 4.78 is 0. The van der Waals surface area contributed by atoms with Gasteiger partial charge < -0.3 is 5.11 Å². The highest BCUT2D eigenvalue weighted by Crippen LogP contribution is 2.41. The Morgan fingerprint density at radius 3 is 2.80 bits per heavy atom. The van der Waals surface area contributed by atoms with Crippen LogP contribution in [-0.4, -0.2) is 10.4 Å². The summed E-state index contributed by atoms with van der Waals surface area (Å²) in [4.78, 5) is 0. The Balaban J connectivity index is 2.36. The molecule has 0 fully saturated rings. The third kappa shape index (κ3) is 2.06. The maximum atomic E-state index is 10.3. The summed E-state index contributed by atoms with van der Waals surface area (Å²) in [5.74, 6) is 1.56. The first-order valence-corrected chi connectivity index (χ1v) is 6.53. The molecule has 2 heteroatoms. The molecule has 2 atom stereocenters. The third-order valence-corrected chi connectivity index (χ3v) is 4.68. The van der Waals surface area contributed by atoms with E-state index in [-0.39, 0.29) is 6.10 Å². The Kier molecular flexibility index (Phi) is 3.08. The van der Waals surface area contributed by atoms with E-state index in [2.05, 4.69) is 39.0 Å². The van der Waals surface area contributed by atoms with Gasteiger partial charge in [0.05, 0.1) is 6.10 Å². The van der Waals surface area contributed by atoms with Gasteiger partial charge in [0.15, 0.2) is 0 Å². The van der Waals surface area contributed by atoms with E-state index >= 15 is 0 Å². The van der Waals surface area contributed by atoms with Crippen molar-refractivity contribution in [1.82, 2.24) is 0 Å². The van der Waals surface area contributed by atoms with Crippen LogP contribution < -0.4 is 0 Å². The molecule has 0 aliphatic carbocycles. The lowest BCUT2D eigenvalue weighted by Crippen LogP contribution is -2.25. The topological polar surface area (TPSA) is 20.2 Å². The highest BCUT2D eigenvalue weighted by Gasteiger charge is 2.30. The van der Waals surface area contributed by atoms with E-state index in [9.17, 15) is 5.11 Å². The van der Waals surface area contributed by atoms with Crippen molar-refractivity contribution in [2.45, 2.75) is 37.9 Å². The average molecular weight is 222 g/mol. The third-order valence-electron chi connectivity index (χ3n) is 3.02. The molecule has 2 rings (SSSR count). The molecule has 0 saturated heterocycles. The molecule has 15 heavy (non-hydrogen) atoms. The Morgan fingerprint density at radius 1 is 1.40 bits per heavy atom. The van der Waals surface area contributed by atoms with Gasteiger partial charge in [0, 0.05) is 11.0 Å². The zero-order chi connectivity index (χ0) is 11.0. The van der Waals surface area contributed by atoms with Crippen molar-refractivity contribution < 1.29 is 5.11 Å². The number of aryl methyl sites for hydroxylation is 1. The molecule has 1 heterocycles. The Labute approximate surface area is 95.9 Å². The van der Waals surface area contributed by atoms with Crippen LogP contribution in [0.4, 0.5) is 0 Å². The normalized spacial score (nSPS) is 25.4. The van der Waals surface area contributed by atoms with Crippen LogP contribution in [0.5, 0.6) is 0 Å². The van der Waals surface area contributed by atoms with Crippen LogP contribution in [0.1, 0.15) is 36.6 Å². The van der Waals surface area contributed by atoms with Gasteiger partial charge in [0.1, 0.15) is 0 Å². The molecular formula is C13H18OS. The highest BCUT2D eigenvalue weighted by molar-refractivity contribution is 7.99. The van der Waals surface area contributed by atoms with E-state index in [0.717, 1.165) is 11.3 Å². The smallest absolute Gasteiger partial charge is 0.0914 e. The SMILES string of the molecule is Cc1ccc2c(c1)C(O)C(C(C)C)SC2. The number of aliphatic hydroxyl groups is 1. The maximum absolute atomic E-state index is 10.3. The van der Waals surface area contributed by atoms with Crippen LogP contribution >= 0.6 is 11.8 Å². The molecule has 1 aromatic carbocycles. The molecule has 0 saturated carbocycles. The summed E-state index contributed by atoms with van der Waals surface area (Å²) >= 11 is 1.88. The van der Waals surface area contributed by atoms with E-state index in [1.807, 2.05) is 11.8 Å². The van der Waals surface area contributed by atoms with E-state index in [4.69, 9.17) is 0 Å². The summed E-state index contributed by atoms with van der Waals surface area (Å²) in [6.45, 7) is 6.45. The lowest BCUT2D eigenvalue weighted by atomic mass is 9.94. The summed E-state index contributed by atoms with van der Waals surface area (Å²) in [5, 5.41) is 10.6. The van der Waals surface area contributed by atoms with Crippen LogP contribution in [-0.2, 0) is 5.75 Å². The largest absolute Gasteiger partial charge is 0.387 e. The lowest BCUT2D eigenvalue weighted by molar-refractivity contribution is 0.156. The van der Waals surface area contributed by atoms with Crippen molar-refractivity contribution in [1.29, 1.82) is 0 Å². The van der Waals surface area contributed by atoms with Crippen molar-refractivity contribution in [3.8, 4) is 0 Å². The van der Waals surface area contributed by atoms with Crippen molar-refractivity contribution in [2.75, 3.05) is 0 Å². The second kappa shape index (κ2) is 4.18. The number of fused-ring (bicyclic) bond motifs is 1. The van der Waals surface area contributed by atoms with Gasteiger partial charge in [0.2, 0.25) is 0 Å². The second-order valence-corrected chi connectivity index (χ2v) is 5.83. The molecule has 1 N–H and O–H groups in total.